The topological polar surface area (TPSA) is 171 Å². The number of methoxy groups -OCH3 is 1. The maximum absolute atomic E-state index is 7.33. The molecular formula is C3H15HgO9Si2. The second kappa shape index (κ2) is 11.5. The van der Waals surface area contributed by atoms with Gasteiger partial charge in [-0.3, -0.25) is 0 Å². The van der Waals surface area contributed by atoms with E-state index < -0.39 is 18.1 Å². The van der Waals surface area contributed by atoms with Crippen molar-refractivity contribution in [3.05, 3.63) is 0 Å². The van der Waals surface area contributed by atoms with Crippen molar-refractivity contribution < 1.29 is 69.2 Å². The number of ether oxygens (including phenoxy) is 1. The van der Waals surface area contributed by atoms with Gasteiger partial charge in [-0.2, -0.15) is 0 Å². The fourth-order valence-electron chi connectivity index (χ4n) is 0.144. The molecule has 8 N–H and O–H groups in total. The first-order valence-electron chi connectivity index (χ1n) is 3.49. The summed E-state index contributed by atoms with van der Waals surface area (Å²) in [6.07, 6.45) is 0. The molecule has 0 saturated carbocycles. The summed E-state index contributed by atoms with van der Waals surface area (Å²) in [7, 11) is -7.48. The molecule has 0 bridgehead atoms. The van der Waals surface area contributed by atoms with Crippen molar-refractivity contribution in [2.75, 3.05) is 13.7 Å². The Hall–Kier alpha value is 1.01. The van der Waals surface area contributed by atoms with Crippen LogP contribution >= 0.6 is 0 Å². The summed E-state index contributed by atoms with van der Waals surface area (Å²) in [5.74, 6) is 0. The van der Waals surface area contributed by atoms with Gasteiger partial charge in [0.05, 0.1) is 0 Å². The normalized spacial score (nSPS) is 10.9. The minimum absolute atomic E-state index is 0.948. The third kappa shape index (κ3) is 281. The van der Waals surface area contributed by atoms with E-state index >= 15 is 0 Å². The third-order valence-corrected chi connectivity index (χ3v) is 1.47. The van der Waals surface area contributed by atoms with E-state index in [0.717, 1.165) is 32.7 Å². The molecule has 91 valence electrons. The summed E-state index contributed by atoms with van der Waals surface area (Å²) in [6.45, 7) is 0.975. The average molecular weight is 452 g/mol. The van der Waals surface area contributed by atoms with Crippen LogP contribution in [-0.2, 0) is 30.9 Å². The van der Waals surface area contributed by atoms with Crippen LogP contribution in [0, 0.1) is 0 Å². The molecular weight excluding hydrogens is 437 g/mol. The molecule has 0 heterocycles. The zero-order valence-corrected chi connectivity index (χ0v) is 15.6. The Kier molecular flexibility index (Phi) is 16.3. The molecule has 0 aliphatic heterocycles. The fourth-order valence-corrected chi connectivity index (χ4v) is 1.27. The van der Waals surface area contributed by atoms with Crippen LogP contribution in [0.2, 0.25) is 3.93 Å². The van der Waals surface area contributed by atoms with Crippen molar-refractivity contribution >= 4 is 18.1 Å². The first kappa shape index (κ1) is 21.3. The molecule has 12 heteroatoms. The molecule has 0 aromatic carbocycles. The molecule has 9 nitrogen and oxygen atoms in total. The van der Waals surface area contributed by atoms with Crippen LogP contribution in [0.4, 0.5) is 0 Å². The summed E-state index contributed by atoms with van der Waals surface area (Å²) in [6, 6.07) is 0. The smallest absolute Gasteiger partial charge is 0.368 e. The van der Waals surface area contributed by atoms with Crippen LogP contribution in [0.15, 0.2) is 0 Å². The zero-order valence-electron chi connectivity index (χ0n) is 8.11. The quantitative estimate of drug-likeness (QED) is 0.192. The molecule has 0 atom stereocenters. The van der Waals surface area contributed by atoms with E-state index in [-0.39, 0.29) is 0 Å². The van der Waals surface area contributed by atoms with Crippen LogP contribution in [0.5, 0.6) is 0 Å². The Balaban J connectivity index is -0.000000144. The van der Waals surface area contributed by atoms with Crippen molar-refractivity contribution in [1.29, 1.82) is 0 Å². The Bertz CT molecular complexity index is 95.5. The van der Waals surface area contributed by atoms with Gasteiger partial charge in [0.2, 0.25) is 0 Å². The molecule has 0 unspecified atom stereocenters. The summed E-state index contributed by atoms with van der Waals surface area (Å²) in [5.41, 5.74) is 0. The third-order valence-electron chi connectivity index (χ3n) is 0.348. The standard InChI is InChI=1S/C3H7O.Hg.2H4O4Si/c1-3-4-2;;2*1-5(2,3)4/h1,3H2,2H3;;2*1-4H. The predicted molar refractivity (Wildman–Crippen MR) is 45.9 cm³/mol. The van der Waals surface area contributed by atoms with Gasteiger partial charge in [-0.25, -0.2) is 0 Å². The molecule has 0 amide bonds. The van der Waals surface area contributed by atoms with E-state index in [2.05, 4.69) is 0 Å². The molecule has 0 rings (SSSR count). The van der Waals surface area contributed by atoms with E-state index in [1.807, 2.05) is 0 Å². The molecule has 0 aliphatic carbocycles. The van der Waals surface area contributed by atoms with Gasteiger partial charge in [-0.05, 0) is 0 Å². The van der Waals surface area contributed by atoms with E-state index in [1.54, 1.807) is 7.11 Å². The summed E-state index contributed by atoms with van der Waals surface area (Å²) >= 11 is 0.948. The first-order valence-corrected chi connectivity index (χ1v) is 11.0. The second-order valence-corrected chi connectivity index (χ2v) is 7.20. The van der Waals surface area contributed by atoms with Crippen LogP contribution in [0.25, 0.3) is 0 Å². The van der Waals surface area contributed by atoms with Gasteiger partial charge < -0.3 is 38.4 Å². The average Bonchev–Trinajstić information content (AvgIpc) is 1.80. The van der Waals surface area contributed by atoms with E-state index in [4.69, 9.17) is 43.1 Å². The molecule has 0 spiro atoms. The van der Waals surface area contributed by atoms with E-state index in [0.29, 0.717) is 0 Å². The number of rotatable bonds is 2. The molecule has 0 aromatic heterocycles. The molecule has 0 aliphatic rings. The Morgan fingerprint density at radius 3 is 1.07 bits per heavy atom. The summed E-state index contributed by atoms with van der Waals surface area (Å²) < 4.78 is 6.06. The maximum atomic E-state index is 7.33. The van der Waals surface area contributed by atoms with Crippen LogP contribution in [0.3, 0.4) is 0 Å². The van der Waals surface area contributed by atoms with Crippen molar-refractivity contribution in [1.82, 2.24) is 0 Å². The Morgan fingerprint density at radius 1 is 0.867 bits per heavy atom. The van der Waals surface area contributed by atoms with Crippen molar-refractivity contribution in [2.24, 2.45) is 0 Å². The van der Waals surface area contributed by atoms with Crippen molar-refractivity contribution in [3.63, 3.8) is 0 Å². The number of hydrogen-bond acceptors (Lipinski definition) is 9. The Labute approximate surface area is 105 Å². The summed E-state index contributed by atoms with van der Waals surface area (Å²) in [4.78, 5) is 58.6. The summed E-state index contributed by atoms with van der Waals surface area (Å²) in [5, 5.41) is 0. The number of hydrogen-bond donors (Lipinski definition) is 8. The van der Waals surface area contributed by atoms with E-state index in [1.165, 1.54) is 3.93 Å². The molecule has 0 aromatic rings. The van der Waals surface area contributed by atoms with Gasteiger partial charge in [-0.1, -0.05) is 0 Å². The first-order chi connectivity index (χ1) is 6.41. The predicted octanol–water partition coefficient (Wildman–Crippen LogP) is -4.62. The minimum atomic E-state index is -4.61. The molecule has 0 saturated heterocycles. The fraction of sp³-hybridized carbons (Fsp3) is 1.00. The van der Waals surface area contributed by atoms with E-state index in [9.17, 15) is 0 Å². The monoisotopic (exact) mass is 453 g/mol. The second-order valence-electron chi connectivity index (χ2n) is 2.05. The van der Waals surface area contributed by atoms with Gasteiger partial charge >= 0.3 is 66.6 Å². The molecule has 0 radical (unpaired) electrons. The molecule has 15 heavy (non-hydrogen) atoms. The van der Waals surface area contributed by atoms with Gasteiger partial charge in [0, 0.05) is 0 Å². The SMILES string of the molecule is COC[CH2][Hg].O[Si](O)(O)O.O[Si](O)(O)O. The van der Waals surface area contributed by atoms with Crippen molar-refractivity contribution in [3.8, 4) is 0 Å². The van der Waals surface area contributed by atoms with Crippen molar-refractivity contribution in [2.45, 2.75) is 3.93 Å². The molecule has 0 fully saturated rings. The van der Waals surface area contributed by atoms with Gasteiger partial charge in [-0.15, -0.1) is 0 Å². The van der Waals surface area contributed by atoms with Gasteiger partial charge in [0.1, 0.15) is 0 Å². The Morgan fingerprint density at radius 2 is 1.07 bits per heavy atom. The zero-order chi connectivity index (χ0) is 13.1. The largest absolute Gasteiger partial charge is 0.668 e. The maximum Gasteiger partial charge on any atom is 0.668 e. The van der Waals surface area contributed by atoms with Crippen LogP contribution in [-0.4, -0.2) is 70.2 Å². The minimum Gasteiger partial charge on any atom is -0.368 e. The van der Waals surface area contributed by atoms with Gasteiger partial charge in [0.15, 0.2) is 0 Å². The van der Waals surface area contributed by atoms with Crippen LogP contribution < -0.4 is 0 Å². The van der Waals surface area contributed by atoms with Gasteiger partial charge in [0.25, 0.3) is 0 Å². The van der Waals surface area contributed by atoms with Crippen LogP contribution in [0.1, 0.15) is 0 Å².